The SMILES string of the molecule is COc1ccc(/C=C2/SC(=S)N(c3ccc(O)cc3)C2=O)c(OC)c1. The Morgan fingerprint density at radius 1 is 1.12 bits per heavy atom. The summed E-state index contributed by atoms with van der Waals surface area (Å²) in [6.07, 6.45) is 1.75. The third-order valence-electron chi connectivity index (χ3n) is 3.63. The fourth-order valence-corrected chi connectivity index (χ4v) is 3.66. The number of hydrogen-bond donors (Lipinski definition) is 1. The monoisotopic (exact) mass is 373 g/mol. The van der Waals surface area contributed by atoms with Gasteiger partial charge in [-0.25, -0.2) is 0 Å². The lowest BCUT2D eigenvalue weighted by Crippen LogP contribution is -2.27. The number of nitrogens with zero attached hydrogens (tertiary/aromatic N) is 1. The molecule has 0 bridgehead atoms. The predicted octanol–water partition coefficient (Wildman–Crippen LogP) is 3.82. The maximum Gasteiger partial charge on any atom is 0.270 e. The summed E-state index contributed by atoms with van der Waals surface area (Å²) in [5.41, 5.74) is 1.37. The van der Waals surface area contributed by atoms with Crippen LogP contribution in [0.1, 0.15) is 5.56 Å². The van der Waals surface area contributed by atoms with Gasteiger partial charge in [0.15, 0.2) is 4.32 Å². The van der Waals surface area contributed by atoms with Crippen LogP contribution in [-0.2, 0) is 4.79 Å². The molecule has 1 heterocycles. The van der Waals surface area contributed by atoms with Crippen LogP contribution >= 0.6 is 24.0 Å². The van der Waals surface area contributed by atoms with Gasteiger partial charge in [-0.3, -0.25) is 9.69 Å². The van der Waals surface area contributed by atoms with Crippen molar-refractivity contribution in [2.45, 2.75) is 0 Å². The molecule has 2 aromatic carbocycles. The molecule has 0 aliphatic carbocycles. The molecule has 1 aliphatic rings. The predicted molar refractivity (Wildman–Crippen MR) is 103 cm³/mol. The van der Waals surface area contributed by atoms with Crippen molar-refractivity contribution >= 4 is 46.0 Å². The number of phenols is 1. The van der Waals surface area contributed by atoms with E-state index in [9.17, 15) is 9.90 Å². The van der Waals surface area contributed by atoms with Gasteiger partial charge in [-0.2, -0.15) is 0 Å². The van der Waals surface area contributed by atoms with E-state index in [1.54, 1.807) is 44.6 Å². The molecule has 1 saturated heterocycles. The van der Waals surface area contributed by atoms with E-state index in [0.29, 0.717) is 26.4 Å². The fraction of sp³-hybridized carbons (Fsp3) is 0.111. The second-order valence-electron chi connectivity index (χ2n) is 5.14. The van der Waals surface area contributed by atoms with Crippen molar-refractivity contribution in [3.8, 4) is 17.2 Å². The Labute approximate surface area is 154 Å². The first-order valence-corrected chi connectivity index (χ1v) is 8.55. The summed E-state index contributed by atoms with van der Waals surface area (Å²) < 4.78 is 11.0. The van der Waals surface area contributed by atoms with E-state index in [1.807, 2.05) is 6.07 Å². The van der Waals surface area contributed by atoms with Crippen LogP contribution in [0.25, 0.3) is 6.08 Å². The largest absolute Gasteiger partial charge is 0.508 e. The molecule has 0 saturated carbocycles. The first-order valence-electron chi connectivity index (χ1n) is 7.32. The number of hydrogen-bond acceptors (Lipinski definition) is 6. The minimum atomic E-state index is -0.210. The van der Waals surface area contributed by atoms with Crippen LogP contribution in [0.3, 0.4) is 0 Å². The summed E-state index contributed by atoms with van der Waals surface area (Å²) in [6.45, 7) is 0. The molecule has 1 N–H and O–H groups in total. The molecule has 5 nitrogen and oxygen atoms in total. The molecule has 2 aromatic rings. The van der Waals surface area contributed by atoms with Gasteiger partial charge in [0.25, 0.3) is 5.91 Å². The molecule has 1 aliphatic heterocycles. The third kappa shape index (κ3) is 3.47. The fourth-order valence-electron chi connectivity index (χ4n) is 2.37. The molecule has 3 rings (SSSR count). The van der Waals surface area contributed by atoms with E-state index in [-0.39, 0.29) is 11.7 Å². The molecule has 1 fully saturated rings. The maximum absolute atomic E-state index is 12.7. The van der Waals surface area contributed by atoms with Crippen LogP contribution in [0.5, 0.6) is 17.2 Å². The van der Waals surface area contributed by atoms with E-state index in [4.69, 9.17) is 21.7 Å². The second kappa shape index (κ2) is 7.16. The van der Waals surface area contributed by atoms with Crippen LogP contribution in [0.15, 0.2) is 47.4 Å². The van der Waals surface area contributed by atoms with Gasteiger partial charge < -0.3 is 14.6 Å². The van der Waals surface area contributed by atoms with E-state index < -0.39 is 0 Å². The highest BCUT2D eigenvalue weighted by Crippen LogP contribution is 2.38. The van der Waals surface area contributed by atoms with Crippen LogP contribution in [0.4, 0.5) is 5.69 Å². The lowest BCUT2D eigenvalue weighted by atomic mass is 10.1. The molecule has 0 atom stereocenters. The number of thioether (sulfide) groups is 1. The number of benzene rings is 2. The number of carbonyl (C=O) groups excluding carboxylic acids is 1. The summed E-state index contributed by atoms with van der Waals surface area (Å²) in [6, 6.07) is 11.7. The zero-order valence-electron chi connectivity index (χ0n) is 13.6. The third-order valence-corrected chi connectivity index (χ3v) is 4.93. The van der Waals surface area contributed by atoms with E-state index >= 15 is 0 Å². The van der Waals surface area contributed by atoms with Gasteiger partial charge in [-0.15, -0.1) is 0 Å². The average Bonchev–Trinajstić information content (AvgIpc) is 2.90. The van der Waals surface area contributed by atoms with Crippen molar-refractivity contribution in [3.05, 3.63) is 52.9 Å². The maximum atomic E-state index is 12.7. The zero-order valence-corrected chi connectivity index (χ0v) is 15.2. The number of phenolic OH excluding ortho intramolecular Hbond substituents is 1. The second-order valence-corrected chi connectivity index (χ2v) is 6.82. The van der Waals surface area contributed by atoms with E-state index in [0.717, 1.165) is 5.56 Å². The quantitative estimate of drug-likeness (QED) is 0.650. The molecule has 128 valence electrons. The van der Waals surface area contributed by atoms with Crippen molar-refractivity contribution in [3.63, 3.8) is 0 Å². The smallest absolute Gasteiger partial charge is 0.270 e. The number of carbonyl (C=O) groups is 1. The van der Waals surface area contributed by atoms with Gasteiger partial charge in [0, 0.05) is 11.6 Å². The summed E-state index contributed by atoms with van der Waals surface area (Å²) in [7, 11) is 3.14. The Morgan fingerprint density at radius 3 is 2.48 bits per heavy atom. The van der Waals surface area contributed by atoms with Crippen LogP contribution in [-0.4, -0.2) is 29.6 Å². The van der Waals surface area contributed by atoms with E-state index in [2.05, 4.69) is 0 Å². The zero-order chi connectivity index (χ0) is 18.0. The van der Waals surface area contributed by atoms with Gasteiger partial charge in [0.05, 0.1) is 24.8 Å². The number of amides is 1. The summed E-state index contributed by atoms with van der Waals surface area (Å²) in [4.78, 5) is 14.7. The minimum absolute atomic E-state index is 0.132. The molecule has 0 aromatic heterocycles. The molecule has 0 spiro atoms. The molecule has 7 heteroatoms. The van der Waals surface area contributed by atoms with Crippen molar-refractivity contribution in [1.29, 1.82) is 0 Å². The van der Waals surface area contributed by atoms with Crippen molar-refractivity contribution in [1.82, 2.24) is 0 Å². The highest BCUT2D eigenvalue weighted by Gasteiger charge is 2.33. The number of methoxy groups -OCH3 is 2. The number of rotatable bonds is 4. The summed E-state index contributed by atoms with van der Waals surface area (Å²) >= 11 is 6.56. The first kappa shape index (κ1) is 17.3. The lowest BCUT2D eigenvalue weighted by molar-refractivity contribution is -0.113. The first-order chi connectivity index (χ1) is 12.0. The number of anilines is 1. The van der Waals surface area contributed by atoms with Crippen molar-refractivity contribution in [2.24, 2.45) is 0 Å². The standard InChI is InChI=1S/C18H15NO4S2/c1-22-14-8-3-11(15(10-14)23-2)9-16-17(21)19(18(24)25-16)12-4-6-13(20)7-5-12/h3-10,20H,1-2H3/b16-9+. The number of ether oxygens (including phenoxy) is 2. The minimum Gasteiger partial charge on any atom is -0.508 e. The lowest BCUT2D eigenvalue weighted by Gasteiger charge is -2.14. The molecular weight excluding hydrogens is 358 g/mol. The van der Waals surface area contributed by atoms with Crippen molar-refractivity contribution < 1.29 is 19.4 Å². The van der Waals surface area contributed by atoms with E-state index in [1.165, 1.54) is 28.8 Å². The summed E-state index contributed by atoms with van der Waals surface area (Å²) in [5, 5.41) is 9.40. The van der Waals surface area contributed by atoms with Crippen molar-refractivity contribution in [2.75, 3.05) is 19.1 Å². The van der Waals surface area contributed by atoms with Gasteiger partial charge in [0.1, 0.15) is 17.2 Å². The average molecular weight is 373 g/mol. The Bertz CT molecular complexity index is 862. The molecule has 1 amide bonds. The normalized spacial score (nSPS) is 15.8. The molecule has 25 heavy (non-hydrogen) atoms. The molecule has 0 unspecified atom stereocenters. The molecular formula is C18H15NO4S2. The van der Waals surface area contributed by atoms with Gasteiger partial charge in [-0.1, -0.05) is 24.0 Å². The Balaban J connectivity index is 1.94. The van der Waals surface area contributed by atoms with Gasteiger partial charge in [0.2, 0.25) is 0 Å². The topological polar surface area (TPSA) is 59.0 Å². The Morgan fingerprint density at radius 2 is 1.84 bits per heavy atom. The van der Waals surface area contributed by atoms with Crippen LogP contribution < -0.4 is 14.4 Å². The number of thiocarbonyl (C=S) groups is 1. The molecule has 0 radical (unpaired) electrons. The van der Waals surface area contributed by atoms with Crippen LogP contribution in [0, 0.1) is 0 Å². The highest BCUT2D eigenvalue weighted by atomic mass is 32.2. The Kier molecular flexibility index (Phi) is 4.96. The van der Waals surface area contributed by atoms with Crippen LogP contribution in [0.2, 0.25) is 0 Å². The Hall–Kier alpha value is -2.51. The van der Waals surface area contributed by atoms with Gasteiger partial charge in [-0.05, 0) is 42.5 Å². The highest BCUT2D eigenvalue weighted by molar-refractivity contribution is 8.27. The summed E-state index contributed by atoms with van der Waals surface area (Å²) in [5.74, 6) is 1.20. The number of aromatic hydroxyl groups is 1. The van der Waals surface area contributed by atoms with Gasteiger partial charge >= 0.3 is 0 Å².